The maximum Gasteiger partial charge on any atom is 0.328 e. The summed E-state index contributed by atoms with van der Waals surface area (Å²) in [7, 11) is 0. The summed E-state index contributed by atoms with van der Waals surface area (Å²) >= 11 is 0. The highest BCUT2D eigenvalue weighted by Gasteiger charge is 2.27. The van der Waals surface area contributed by atoms with Crippen LogP contribution in [-0.2, 0) is 13.0 Å². The van der Waals surface area contributed by atoms with Gasteiger partial charge in [0.1, 0.15) is 0 Å². The van der Waals surface area contributed by atoms with Crippen LogP contribution in [0.3, 0.4) is 0 Å². The number of nitrogens with zero attached hydrogens (tertiary/aromatic N) is 6. The third-order valence-corrected chi connectivity index (χ3v) is 7.02. The molecule has 34 heavy (non-hydrogen) atoms. The molecule has 1 aliphatic carbocycles. The summed E-state index contributed by atoms with van der Waals surface area (Å²) in [5, 5.41) is 14.3. The Bertz CT molecular complexity index is 1290. The lowest BCUT2D eigenvalue weighted by Gasteiger charge is -2.15. The molecule has 1 N–H and O–H groups in total. The Labute approximate surface area is 199 Å². The van der Waals surface area contributed by atoms with Gasteiger partial charge in [0.15, 0.2) is 5.82 Å². The number of rotatable bonds is 8. The largest absolute Gasteiger partial charge is 0.328 e. The first-order valence-corrected chi connectivity index (χ1v) is 12.2. The number of imidazole rings is 1. The maximum absolute atomic E-state index is 13.4. The van der Waals surface area contributed by atoms with Crippen molar-refractivity contribution in [3.8, 4) is 22.6 Å². The van der Waals surface area contributed by atoms with Crippen LogP contribution in [0, 0.1) is 5.92 Å². The number of unbranched alkanes of at least 4 members (excludes halogenated alkanes) is 1. The van der Waals surface area contributed by atoms with Crippen molar-refractivity contribution in [2.45, 2.75) is 65.0 Å². The first-order chi connectivity index (χ1) is 16.7. The number of H-pyrrole nitrogens is 1. The molecular weight excluding hydrogens is 426 g/mol. The third-order valence-electron chi connectivity index (χ3n) is 7.02. The number of hydrogen-bond acceptors (Lipinski definition) is 5. The molecule has 5 rings (SSSR count). The van der Waals surface area contributed by atoms with Crippen molar-refractivity contribution in [1.29, 1.82) is 0 Å². The number of benzene rings is 1. The van der Waals surface area contributed by atoms with E-state index in [1.165, 1.54) is 12.8 Å². The van der Waals surface area contributed by atoms with Gasteiger partial charge >= 0.3 is 5.69 Å². The Morgan fingerprint density at radius 1 is 1.12 bits per heavy atom. The van der Waals surface area contributed by atoms with E-state index >= 15 is 0 Å². The smallest absolute Gasteiger partial charge is 0.296 e. The van der Waals surface area contributed by atoms with E-state index in [4.69, 9.17) is 4.98 Å². The Morgan fingerprint density at radius 3 is 2.65 bits per heavy atom. The van der Waals surface area contributed by atoms with Crippen molar-refractivity contribution < 1.29 is 0 Å². The minimum absolute atomic E-state index is 0.108. The van der Waals surface area contributed by atoms with Gasteiger partial charge in [-0.25, -0.2) is 9.89 Å². The van der Waals surface area contributed by atoms with Crippen LogP contribution in [-0.4, -0.2) is 34.7 Å². The van der Waals surface area contributed by atoms with Gasteiger partial charge in [-0.1, -0.05) is 57.0 Å². The molecule has 1 fully saturated rings. The van der Waals surface area contributed by atoms with E-state index in [1.807, 2.05) is 45.7 Å². The van der Waals surface area contributed by atoms with Crippen LogP contribution in [0.15, 0.2) is 53.6 Å². The van der Waals surface area contributed by atoms with Crippen LogP contribution >= 0.6 is 0 Å². The lowest BCUT2D eigenvalue weighted by Crippen LogP contribution is -2.29. The predicted molar refractivity (Wildman–Crippen MR) is 131 cm³/mol. The fourth-order valence-electron chi connectivity index (χ4n) is 5.10. The van der Waals surface area contributed by atoms with E-state index in [0.29, 0.717) is 24.3 Å². The number of aryl methyl sites for hydroxylation is 1. The molecular formula is C26H31N7O. The molecule has 0 saturated heterocycles. The van der Waals surface area contributed by atoms with Crippen LogP contribution in [0.4, 0.5) is 0 Å². The SMILES string of the molecule is CCCCc1cn(C2CCCC2C)c(=O)n1Cc1ccc(-c2ccccc2-c2nnn[nH]2)nc1. The summed E-state index contributed by atoms with van der Waals surface area (Å²) in [5.41, 5.74) is 4.94. The number of pyridine rings is 1. The van der Waals surface area contributed by atoms with Gasteiger partial charge in [-0.3, -0.25) is 14.1 Å². The zero-order valence-electron chi connectivity index (χ0n) is 19.8. The highest BCUT2D eigenvalue weighted by Crippen LogP contribution is 2.34. The molecule has 1 aromatic carbocycles. The molecule has 1 saturated carbocycles. The van der Waals surface area contributed by atoms with Gasteiger partial charge in [-0.05, 0) is 53.7 Å². The van der Waals surface area contributed by atoms with Gasteiger partial charge in [0, 0.05) is 35.3 Å². The molecule has 8 nitrogen and oxygen atoms in total. The Morgan fingerprint density at radius 2 is 1.97 bits per heavy atom. The zero-order chi connectivity index (χ0) is 23.5. The molecule has 0 bridgehead atoms. The molecule has 0 amide bonds. The molecule has 8 heteroatoms. The summed E-state index contributed by atoms with van der Waals surface area (Å²) < 4.78 is 3.96. The lowest BCUT2D eigenvalue weighted by atomic mass is 10.0. The van der Waals surface area contributed by atoms with Crippen LogP contribution in [0.25, 0.3) is 22.6 Å². The van der Waals surface area contributed by atoms with Crippen LogP contribution < -0.4 is 5.69 Å². The summed E-state index contributed by atoms with van der Waals surface area (Å²) in [6.45, 7) is 4.99. The van der Waals surface area contributed by atoms with E-state index in [0.717, 1.165) is 53.8 Å². The molecule has 3 aromatic heterocycles. The minimum atomic E-state index is 0.108. The zero-order valence-corrected chi connectivity index (χ0v) is 19.8. The molecule has 2 unspecified atom stereocenters. The van der Waals surface area contributed by atoms with Gasteiger partial charge in [0.2, 0.25) is 0 Å². The average Bonchev–Trinajstić information content (AvgIpc) is 3.61. The number of hydrogen-bond donors (Lipinski definition) is 1. The average molecular weight is 458 g/mol. The van der Waals surface area contributed by atoms with Gasteiger partial charge in [0.25, 0.3) is 0 Å². The quantitative estimate of drug-likeness (QED) is 0.416. The molecule has 1 aliphatic rings. The fraction of sp³-hybridized carbons (Fsp3) is 0.423. The topological polar surface area (TPSA) is 94.3 Å². The van der Waals surface area contributed by atoms with Crippen molar-refractivity contribution in [1.82, 2.24) is 34.7 Å². The van der Waals surface area contributed by atoms with E-state index < -0.39 is 0 Å². The highest BCUT2D eigenvalue weighted by atomic mass is 16.1. The number of aromatic nitrogens is 7. The second-order valence-corrected chi connectivity index (χ2v) is 9.32. The third kappa shape index (κ3) is 4.32. The molecule has 0 aliphatic heterocycles. The Hall–Kier alpha value is -3.55. The van der Waals surface area contributed by atoms with E-state index in [1.54, 1.807) is 0 Å². The van der Waals surface area contributed by atoms with Crippen molar-refractivity contribution in [3.05, 3.63) is 70.5 Å². The molecule has 4 aromatic rings. The van der Waals surface area contributed by atoms with Crippen molar-refractivity contribution >= 4 is 0 Å². The van der Waals surface area contributed by atoms with Crippen molar-refractivity contribution in [3.63, 3.8) is 0 Å². The minimum Gasteiger partial charge on any atom is -0.296 e. The number of nitrogens with one attached hydrogen (secondary N) is 1. The number of aromatic amines is 1. The van der Waals surface area contributed by atoms with E-state index in [2.05, 4.69) is 46.7 Å². The lowest BCUT2D eigenvalue weighted by molar-refractivity contribution is 0.394. The second-order valence-electron chi connectivity index (χ2n) is 9.32. The Kier molecular flexibility index (Phi) is 6.38. The predicted octanol–water partition coefficient (Wildman–Crippen LogP) is 4.64. The standard InChI is InChI=1S/C26H31N7O/c1-3-4-9-20-17-33(24-12-7-8-18(24)2)26(34)32(20)16-19-13-14-23(27-15-19)21-10-5-6-11-22(21)25-28-30-31-29-25/h5-6,10-11,13-15,17-18,24H,3-4,7-9,12,16H2,1-2H3,(H,28,29,30,31). The van der Waals surface area contributed by atoms with Crippen molar-refractivity contribution in [2.24, 2.45) is 5.92 Å². The Balaban J connectivity index is 1.44. The second kappa shape index (κ2) is 9.75. The fourth-order valence-corrected chi connectivity index (χ4v) is 5.10. The summed E-state index contributed by atoms with van der Waals surface area (Å²) in [6, 6.07) is 12.3. The molecule has 176 valence electrons. The monoisotopic (exact) mass is 457 g/mol. The van der Waals surface area contributed by atoms with Crippen LogP contribution in [0.2, 0.25) is 0 Å². The summed E-state index contributed by atoms with van der Waals surface area (Å²) in [4.78, 5) is 18.2. The molecule has 3 heterocycles. The van der Waals surface area contributed by atoms with Crippen LogP contribution in [0.5, 0.6) is 0 Å². The maximum atomic E-state index is 13.4. The van der Waals surface area contributed by atoms with Gasteiger partial charge < -0.3 is 0 Å². The normalized spacial score (nSPS) is 17.9. The van der Waals surface area contributed by atoms with Gasteiger partial charge in [-0.2, -0.15) is 0 Å². The molecule has 0 radical (unpaired) electrons. The number of tetrazole rings is 1. The van der Waals surface area contributed by atoms with Gasteiger partial charge in [-0.15, -0.1) is 5.10 Å². The molecule has 0 spiro atoms. The first-order valence-electron chi connectivity index (χ1n) is 12.2. The van der Waals surface area contributed by atoms with E-state index in [9.17, 15) is 4.79 Å². The highest BCUT2D eigenvalue weighted by molar-refractivity contribution is 5.78. The van der Waals surface area contributed by atoms with E-state index in [-0.39, 0.29) is 5.69 Å². The first kappa shape index (κ1) is 22.3. The van der Waals surface area contributed by atoms with Crippen molar-refractivity contribution in [2.75, 3.05) is 0 Å². The summed E-state index contributed by atoms with van der Waals surface area (Å²) in [5.74, 6) is 1.16. The van der Waals surface area contributed by atoms with Gasteiger partial charge in [0.05, 0.1) is 12.2 Å². The van der Waals surface area contributed by atoms with Crippen LogP contribution in [0.1, 0.15) is 63.3 Å². The summed E-state index contributed by atoms with van der Waals surface area (Å²) in [6.07, 6.45) is 10.6. The molecule has 2 atom stereocenters.